The molecule has 1 saturated heterocycles. The van der Waals surface area contributed by atoms with Crippen LogP contribution < -0.4 is 5.73 Å². The van der Waals surface area contributed by atoms with Crippen LogP contribution in [0.15, 0.2) is 0 Å². The molecule has 2 fully saturated rings. The average Bonchev–Trinajstić information content (AvgIpc) is 2.60. The van der Waals surface area contributed by atoms with Crippen LogP contribution in [-0.4, -0.2) is 29.9 Å². The zero-order valence-corrected chi connectivity index (χ0v) is 8.98. The molecule has 3 nitrogen and oxygen atoms in total. The zero-order valence-electron chi connectivity index (χ0n) is 8.98. The van der Waals surface area contributed by atoms with Gasteiger partial charge in [0.2, 0.25) is 5.91 Å². The van der Waals surface area contributed by atoms with E-state index in [2.05, 4.69) is 5.92 Å². The third kappa shape index (κ3) is 2.15. The molecule has 1 heterocycles. The van der Waals surface area contributed by atoms with Crippen LogP contribution in [-0.2, 0) is 4.79 Å². The van der Waals surface area contributed by atoms with Crippen molar-refractivity contribution >= 4 is 5.91 Å². The first-order valence-electron chi connectivity index (χ1n) is 5.67. The summed E-state index contributed by atoms with van der Waals surface area (Å²) in [4.78, 5) is 13.5. The molecule has 1 aliphatic heterocycles. The normalized spacial score (nSPS) is 34.7. The highest BCUT2D eigenvalue weighted by Crippen LogP contribution is 2.35. The quantitative estimate of drug-likeness (QED) is 0.638. The number of terminal acetylenes is 1. The highest BCUT2D eigenvalue weighted by molar-refractivity contribution is 5.78. The Morgan fingerprint density at radius 1 is 1.40 bits per heavy atom. The summed E-state index contributed by atoms with van der Waals surface area (Å²) in [5.41, 5.74) is 5.94. The fourth-order valence-electron chi connectivity index (χ4n) is 2.87. The van der Waals surface area contributed by atoms with Crippen molar-refractivity contribution in [1.82, 2.24) is 4.90 Å². The Labute approximate surface area is 91.0 Å². The Hall–Kier alpha value is -1.01. The van der Waals surface area contributed by atoms with E-state index in [0.29, 0.717) is 17.9 Å². The monoisotopic (exact) mass is 206 g/mol. The van der Waals surface area contributed by atoms with E-state index in [0.717, 1.165) is 25.9 Å². The number of nitrogens with two attached hydrogens (primary N) is 1. The molecule has 1 amide bonds. The molecule has 2 aliphatic rings. The standard InChI is InChI=1S/C12H18N2O/c1-2-3-12(15)14-7-9-4-5-11(13)6-10(9)8-14/h1,9-11H,3-8,13H2/t9-,10+,11?/m1/s1. The third-order valence-electron chi connectivity index (χ3n) is 3.70. The van der Waals surface area contributed by atoms with Crippen molar-refractivity contribution in [3.8, 4) is 12.3 Å². The second-order valence-electron chi connectivity index (χ2n) is 4.77. The van der Waals surface area contributed by atoms with Crippen LogP contribution in [0.4, 0.5) is 0 Å². The smallest absolute Gasteiger partial charge is 0.234 e. The lowest BCUT2D eigenvalue weighted by atomic mass is 9.79. The number of nitrogens with zero attached hydrogens (tertiary/aromatic N) is 1. The summed E-state index contributed by atoms with van der Waals surface area (Å²) < 4.78 is 0. The van der Waals surface area contributed by atoms with E-state index in [4.69, 9.17) is 12.2 Å². The zero-order chi connectivity index (χ0) is 10.8. The molecular formula is C12H18N2O. The van der Waals surface area contributed by atoms with Gasteiger partial charge in [0.25, 0.3) is 0 Å². The number of fused-ring (bicyclic) bond motifs is 1. The van der Waals surface area contributed by atoms with Crippen molar-refractivity contribution in [2.24, 2.45) is 17.6 Å². The number of carbonyl (C=O) groups excluding carboxylic acids is 1. The SMILES string of the molecule is C#CCC(=O)N1C[C@H]2CCC(N)C[C@H]2C1. The Bertz CT molecular complexity index is 294. The molecule has 2 N–H and O–H groups in total. The van der Waals surface area contributed by atoms with E-state index in [9.17, 15) is 4.79 Å². The highest BCUT2D eigenvalue weighted by atomic mass is 16.2. The molecule has 0 aromatic rings. The van der Waals surface area contributed by atoms with Crippen LogP contribution in [0.5, 0.6) is 0 Å². The summed E-state index contributed by atoms with van der Waals surface area (Å²) in [6, 6.07) is 0.342. The van der Waals surface area contributed by atoms with Crippen molar-refractivity contribution in [1.29, 1.82) is 0 Å². The van der Waals surface area contributed by atoms with E-state index in [1.54, 1.807) is 0 Å². The summed E-state index contributed by atoms with van der Waals surface area (Å²) in [5.74, 6) is 3.82. The van der Waals surface area contributed by atoms with Gasteiger partial charge in [0, 0.05) is 19.1 Å². The molecule has 0 bridgehead atoms. The van der Waals surface area contributed by atoms with Crippen molar-refractivity contribution in [3.05, 3.63) is 0 Å². The van der Waals surface area contributed by atoms with Crippen molar-refractivity contribution < 1.29 is 4.79 Å². The molecule has 0 aromatic heterocycles. The minimum absolute atomic E-state index is 0.112. The van der Waals surface area contributed by atoms with Crippen LogP contribution in [0, 0.1) is 24.2 Å². The van der Waals surface area contributed by atoms with Gasteiger partial charge in [-0.2, -0.15) is 0 Å². The van der Waals surface area contributed by atoms with Crippen LogP contribution in [0.3, 0.4) is 0 Å². The third-order valence-corrected chi connectivity index (χ3v) is 3.70. The van der Waals surface area contributed by atoms with Gasteiger partial charge in [0.1, 0.15) is 0 Å². The van der Waals surface area contributed by atoms with Crippen molar-refractivity contribution in [2.45, 2.75) is 31.7 Å². The maximum absolute atomic E-state index is 11.6. The largest absolute Gasteiger partial charge is 0.341 e. The van der Waals surface area contributed by atoms with Gasteiger partial charge in [-0.05, 0) is 31.1 Å². The first kappa shape index (κ1) is 10.5. The minimum Gasteiger partial charge on any atom is -0.341 e. The molecule has 1 saturated carbocycles. The van der Waals surface area contributed by atoms with Gasteiger partial charge in [-0.25, -0.2) is 0 Å². The summed E-state index contributed by atoms with van der Waals surface area (Å²) >= 11 is 0. The molecular weight excluding hydrogens is 188 g/mol. The Balaban J connectivity index is 1.93. The second kappa shape index (κ2) is 4.24. The van der Waals surface area contributed by atoms with E-state index in [1.165, 1.54) is 6.42 Å². The van der Waals surface area contributed by atoms with Crippen molar-refractivity contribution in [2.75, 3.05) is 13.1 Å². The lowest BCUT2D eigenvalue weighted by Crippen LogP contribution is -2.32. The summed E-state index contributed by atoms with van der Waals surface area (Å²) in [6.45, 7) is 1.77. The molecule has 3 atom stereocenters. The van der Waals surface area contributed by atoms with E-state index in [1.807, 2.05) is 4.90 Å². The Morgan fingerprint density at radius 2 is 2.13 bits per heavy atom. The number of hydrogen-bond donors (Lipinski definition) is 1. The van der Waals surface area contributed by atoms with Gasteiger partial charge in [-0.3, -0.25) is 4.79 Å². The van der Waals surface area contributed by atoms with E-state index in [-0.39, 0.29) is 12.3 Å². The maximum Gasteiger partial charge on any atom is 0.234 e. The van der Waals surface area contributed by atoms with Gasteiger partial charge in [-0.15, -0.1) is 6.42 Å². The van der Waals surface area contributed by atoms with Crippen LogP contribution in [0.1, 0.15) is 25.7 Å². The van der Waals surface area contributed by atoms with Crippen LogP contribution >= 0.6 is 0 Å². The maximum atomic E-state index is 11.6. The lowest BCUT2D eigenvalue weighted by molar-refractivity contribution is -0.129. The first-order valence-corrected chi connectivity index (χ1v) is 5.67. The van der Waals surface area contributed by atoms with E-state index >= 15 is 0 Å². The number of rotatable bonds is 1. The minimum atomic E-state index is 0.112. The number of carbonyl (C=O) groups is 1. The number of hydrogen-bond acceptors (Lipinski definition) is 2. The molecule has 0 spiro atoms. The molecule has 0 aromatic carbocycles. The molecule has 1 aliphatic carbocycles. The Morgan fingerprint density at radius 3 is 2.87 bits per heavy atom. The molecule has 15 heavy (non-hydrogen) atoms. The highest BCUT2D eigenvalue weighted by Gasteiger charge is 2.38. The fourth-order valence-corrected chi connectivity index (χ4v) is 2.87. The summed E-state index contributed by atoms with van der Waals surface area (Å²) in [7, 11) is 0. The number of amides is 1. The lowest BCUT2D eigenvalue weighted by Gasteiger charge is -2.27. The molecule has 2 rings (SSSR count). The van der Waals surface area contributed by atoms with Crippen LogP contribution in [0.25, 0.3) is 0 Å². The second-order valence-corrected chi connectivity index (χ2v) is 4.77. The van der Waals surface area contributed by atoms with Gasteiger partial charge in [0.15, 0.2) is 0 Å². The predicted molar refractivity (Wildman–Crippen MR) is 58.8 cm³/mol. The first-order chi connectivity index (χ1) is 7.20. The van der Waals surface area contributed by atoms with Gasteiger partial charge >= 0.3 is 0 Å². The number of likely N-dealkylation sites (tertiary alicyclic amines) is 1. The van der Waals surface area contributed by atoms with Gasteiger partial charge in [-0.1, -0.05) is 5.92 Å². The Kier molecular flexibility index (Phi) is 2.97. The summed E-state index contributed by atoms with van der Waals surface area (Å²) in [6.07, 6.45) is 8.75. The van der Waals surface area contributed by atoms with Gasteiger partial charge < -0.3 is 10.6 Å². The fraction of sp³-hybridized carbons (Fsp3) is 0.750. The molecule has 82 valence electrons. The average molecular weight is 206 g/mol. The predicted octanol–water partition coefficient (Wildman–Crippen LogP) is 0.596. The molecule has 0 radical (unpaired) electrons. The van der Waals surface area contributed by atoms with E-state index < -0.39 is 0 Å². The van der Waals surface area contributed by atoms with Gasteiger partial charge in [0.05, 0.1) is 6.42 Å². The van der Waals surface area contributed by atoms with Crippen LogP contribution in [0.2, 0.25) is 0 Å². The molecule has 1 unspecified atom stereocenters. The topological polar surface area (TPSA) is 46.3 Å². The van der Waals surface area contributed by atoms with Crippen molar-refractivity contribution in [3.63, 3.8) is 0 Å². The molecule has 3 heteroatoms. The summed E-state index contributed by atoms with van der Waals surface area (Å²) in [5, 5.41) is 0.